The van der Waals surface area contributed by atoms with Crippen LogP contribution in [-0.4, -0.2) is 17.3 Å². The predicted molar refractivity (Wildman–Crippen MR) is 71.5 cm³/mol. The third-order valence-corrected chi connectivity index (χ3v) is 3.50. The van der Waals surface area contributed by atoms with E-state index in [-0.39, 0.29) is 10.7 Å². The van der Waals surface area contributed by atoms with Crippen molar-refractivity contribution in [1.82, 2.24) is 5.32 Å². The zero-order valence-corrected chi connectivity index (χ0v) is 11.2. The van der Waals surface area contributed by atoms with E-state index in [1.807, 2.05) is 19.1 Å². The van der Waals surface area contributed by atoms with Gasteiger partial charge >= 0.3 is 0 Å². The molecule has 1 rings (SSSR count). The zero-order chi connectivity index (χ0) is 12.0. The number of carbonyl (C=O) groups is 1. The standard InChI is InChI=1S/C13H18BrNO/c1-3-5-10(6-4-2)11-7-8-15-13(16)12(14)9-11/h3-6,11-12H,1,7-9H2,2H3,(H,15,16)/b6-4-,10-5+. The van der Waals surface area contributed by atoms with Crippen LogP contribution < -0.4 is 5.32 Å². The number of hydrogen-bond acceptors (Lipinski definition) is 1. The highest BCUT2D eigenvalue weighted by molar-refractivity contribution is 9.10. The highest BCUT2D eigenvalue weighted by atomic mass is 79.9. The molecule has 1 amide bonds. The lowest BCUT2D eigenvalue weighted by atomic mass is 9.91. The van der Waals surface area contributed by atoms with Gasteiger partial charge in [-0.15, -0.1) is 0 Å². The molecule has 0 radical (unpaired) electrons. The summed E-state index contributed by atoms with van der Waals surface area (Å²) < 4.78 is 0. The summed E-state index contributed by atoms with van der Waals surface area (Å²) in [6.07, 6.45) is 9.78. The largest absolute Gasteiger partial charge is 0.355 e. The van der Waals surface area contributed by atoms with Gasteiger partial charge in [0.1, 0.15) is 0 Å². The van der Waals surface area contributed by atoms with E-state index in [1.54, 1.807) is 6.08 Å². The summed E-state index contributed by atoms with van der Waals surface area (Å²) in [6, 6.07) is 0. The summed E-state index contributed by atoms with van der Waals surface area (Å²) in [7, 11) is 0. The summed E-state index contributed by atoms with van der Waals surface area (Å²) >= 11 is 3.43. The molecular weight excluding hydrogens is 266 g/mol. The maximum atomic E-state index is 11.5. The highest BCUT2D eigenvalue weighted by Crippen LogP contribution is 2.27. The SMILES string of the molecule is C=C/C=C(\C=C/C)C1CCNC(=O)C(Br)C1. The van der Waals surface area contributed by atoms with Crippen molar-refractivity contribution in [2.45, 2.75) is 24.6 Å². The number of amides is 1. The van der Waals surface area contributed by atoms with E-state index in [4.69, 9.17) is 0 Å². The number of nitrogens with one attached hydrogen (secondary N) is 1. The Bertz CT molecular complexity index is 320. The molecule has 1 saturated heterocycles. The van der Waals surface area contributed by atoms with Crippen LogP contribution in [0.3, 0.4) is 0 Å². The Morgan fingerprint density at radius 1 is 1.62 bits per heavy atom. The molecule has 0 aromatic heterocycles. The van der Waals surface area contributed by atoms with Crippen molar-refractivity contribution < 1.29 is 4.79 Å². The molecule has 0 spiro atoms. The van der Waals surface area contributed by atoms with Crippen molar-refractivity contribution in [3.63, 3.8) is 0 Å². The first-order chi connectivity index (χ1) is 7.69. The molecule has 2 nitrogen and oxygen atoms in total. The van der Waals surface area contributed by atoms with E-state index in [2.05, 4.69) is 33.9 Å². The van der Waals surface area contributed by atoms with Crippen molar-refractivity contribution in [3.05, 3.63) is 36.5 Å². The second-order valence-corrected chi connectivity index (χ2v) is 4.99. The van der Waals surface area contributed by atoms with Gasteiger partial charge in [-0.25, -0.2) is 0 Å². The maximum Gasteiger partial charge on any atom is 0.233 e. The molecule has 0 saturated carbocycles. The molecule has 1 heterocycles. The fourth-order valence-corrected chi connectivity index (χ4v) is 2.53. The van der Waals surface area contributed by atoms with Gasteiger partial charge in [0.05, 0.1) is 4.83 Å². The average molecular weight is 284 g/mol. The summed E-state index contributed by atoms with van der Waals surface area (Å²) in [4.78, 5) is 11.4. The summed E-state index contributed by atoms with van der Waals surface area (Å²) in [6.45, 7) is 6.48. The van der Waals surface area contributed by atoms with Gasteiger partial charge in [-0.3, -0.25) is 4.79 Å². The van der Waals surface area contributed by atoms with Crippen molar-refractivity contribution in [2.24, 2.45) is 5.92 Å². The smallest absolute Gasteiger partial charge is 0.233 e. The van der Waals surface area contributed by atoms with Crippen LogP contribution in [0.4, 0.5) is 0 Å². The molecule has 0 aliphatic carbocycles. The summed E-state index contributed by atoms with van der Waals surface area (Å²) in [5, 5.41) is 2.90. The average Bonchev–Trinajstić information content (AvgIpc) is 2.42. The number of alkyl halides is 1. The van der Waals surface area contributed by atoms with Gasteiger partial charge in [0.15, 0.2) is 0 Å². The molecule has 88 valence electrons. The molecule has 2 unspecified atom stereocenters. The van der Waals surface area contributed by atoms with E-state index in [9.17, 15) is 4.79 Å². The molecular formula is C13H18BrNO. The highest BCUT2D eigenvalue weighted by Gasteiger charge is 2.25. The molecule has 1 fully saturated rings. The fourth-order valence-electron chi connectivity index (χ4n) is 1.91. The second kappa shape index (κ2) is 6.69. The van der Waals surface area contributed by atoms with Crippen LogP contribution in [0.15, 0.2) is 36.5 Å². The molecule has 1 aliphatic rings. The molecule has 2 atom stereocenters. The van der Waals surface area contributed by atoms with Crippen molar-refractivity contribution >= 4 is 21.8 Å². The predicted octanol–water partition coefficient (Wildman–Crippen LogP) is 2.96. The van der Waals surface area contributed by atoms with Gasteiger partial charge < -0.3 is 5.32 Å². The van der Waals surface area contributed by atoms with E-state index in [0.29, 0.717) is 5.92 Å². The molecule has 0 bridgehead atoms. The minimum Gasteiger partial charge on any atom is -0.355 e. The lowest BCUT2D eigenvalue weighted by Gasteiger charge is -2.16. The minimum atomic E-state index is -0.0847. The van der Waals surface area contributed by atoms with Crippen LogP contribution in [0.25, 0.3) is 0 Å². The first kappa shape index (κ1) is 13.2. The van der Waals surface area contributed by atoms with Gasteiger partial charge in [0, 0.05) is 6.54 Å². The molecule has 16 heavy (non-hydrogen) atoms. The Hall–Kier alpha value is -0.830. The Balaban J connectivity index is 2.80. The first-order valence-electron chi connectivity index (χ1n) is 5.56. The quantitative estimate of drug-likeness (QED) is 0.626. The van der Waals surface area contributed by atoms with Gasteiger partial charge in [0.2, 0.25) is 5.91 Å². The zero-order valence-electron chi connectivity index (χ0n) is 9.58. The Labute approximate surface area is 106 Å². The van der Waals surface area contributed by atoms with Crippen molar-refractivity contribution in [3.8, 4) is 0 Å². The minimum absolute atomic E-state index is 0.0847. The molecule has 0 aromatic carbocycles. The lowest BCUT2D eigenvalue weighted by Crippen LogP contribution is -2.28. The van der Waals surface area contributed by atoms with Crippen LogP contribution in [0.2, 0.25) is 0 Å². The Morgan fingerprint density at radius 3 is 3.00 bits per heavy atom. The first-order valence-corrected chi connectivity index (χ1v) is 6.47. The van der Waals surface area contributed by atoms with Gasteiger partial charge in [0.25, 0.3) is 0 Å². The normalized spacial score (nSPS) is 27.6. The van der Waals surface area contributed by atoms with Crippen LogP contribution in [0.5, 0.6) is 0 Å². The Kier molecular flexibility index (Phi) is 5.53. The number of hydrogen-bond donors (Lipinski definition) is 1. The lowest BCUT2D eigenvalue weighted by molar-refractivity contribution is -0.120. The van der Waals surface area contributed by atoms with Crippen LogP contribution >= 0.6 is 15.9 Å². The topological polar surface area (TPSA) is 29.1 Å². The van der Waals surface area contributed by atoms with Crippen molar-refractivity contribution in [1.29, 1.82) is 0 Å². The van der Waals surface area contributed by atoms with Crippen LogP contribution in [-0.2, 0) is 4.79 Å². The third-order valence-electron chi connectivity index (χ3n) is 2.71. The second-order valence-electron chi connectivity index (χ2n) is 3.88. The van der Waals surface area contributed by atoms with Gasteiger partial charge in [-0.1, -0.05) is 46.8 Å². The van der Waals surface area contributed by atoms with E-state index in [0.717, 1.165) is 19.4 Å². The Morgan fingerprint density at radius 2 is 2.38 bits per heavy atom. The summed E-state index contributed by atoms with van der Waals surface area (Å²) in [5.41, 5.74) is 1.25. The number of allylic oxidation sites excluding steroid dienone is 5. The molecule has 1 N–H and O–H groups in total. The number of rotatable bonds is 3. The summed E-state index contributed by atoms with van der Waals surface area (Å²) in [5.74, 6) is 0.512. The number of halogens is 1. The van der Waals surface area contributed by atoms with E-state index < -0.39 is 0 Å². The monoisotopic (exact) mass is 283 g/mol. The van der Waals surface area contributed by atoms with Crippen LogP contribution in [0.1, 0.15) is 19.8 Å². The van der Waals surface area contributed by atoms with Crippen molar-refractivity contribution in [2.75, 3.05) is 6.54 Å². The maximum absolute atomic E-state index is 11.5. The van der Waals surface area contributed by atoms with E-state index >= 15 is 0 Å². The molecule has 3 heteroatoms. The number of carbonyl (C=O) groups excluding carboxylic acids is 1. The van der Waals surface area contributed by atoms with E-state index in [1.165, 1.54) is 5.57 Å². The fraction of sp³-hybridized carbons (Fsp3) is 0.462. The van der Waals surface area contributed by atoms with Gasteiger partial charge in [-0.2, -0.15) is 0 Å². The molecule has 0 aromatic rings. The third kappa shape index (κ3) is 3.63. The van der Waals surface area contributed by atoms with Gasteiger partial charge in [-0.05, 0) is 31.3 Å². The van der Waals surface area contributed by atoms with Crippen LogP contribution in [0, 0.1) is 5.92 Å². The molecule has 1 aliphatic heterocycles.